The molecule has 1 unspecified atom stereocenters. The molecule has 0 aliphatic carbocycles. The van der Waals surface area contributed by atoms with E-state index in [0.29, 0.717) is 15.6 Å². The molecule has 0 aliphatic heterocycles. The molecule has 0 fully saturated rings. The van der Waals surface area contributed by atoms with Crippen molar-refractivity contribution >= 4 is 40.8 Å². The monoisotopic (exact) mass is 328 g/mol. The van der Waals surface area contributed by atoms with Crippen molar-refractivity contribution in [2.45, 2.75) is 20.8 Å². The third kappa shape index (κ3) is 4.67. The minimum atomic E-state index is -0.634. The molecule has 0 spiro atoms. The van der Waals surface area contributed by atoms with E-state index in [4.69, 9.17) is 28.3 Å². The molecule has 1 aromatic carbocycles. The van der Waals surface area contributed by atoms with E-state index < -0.39 is 5.92 Å². The van der Waals surface area contributed by atoms with Gasteiger partial charge in [-0.15, -0.1) is 0 Å². The first-order valence-corrected chi connectivity index (χ1v) is 7.39. The Morgan fingerprint density at radius 1 is 1.19 bits per heavy atom. The summed E-state index contributed by atoms with van der Waals surface area (Å²) >= 11 is 11.9. The number of halogens is 2. The molecule has 5 heteroatoms. The van der Waals surface area contributed by atoms with Crippen LogP contribution in [0.4, 0.5) is 0 Å². The second-order valence-corrected chi connectivity index (χ2v) is 6.03. The predicted octanol–water partition coefficient (Wildman–Crippen LogP) is 3.80. The summed E-state index contributed by atoms with van der Waals surface area (Å²) in [4.78, 5) is 24.5. The molecule has 21 heavy (non-hydrogen) atoms. The number of aliphatic hydroxyl groups excluding tert-OH is 1. The molecule has 0 saturated heterocycles. The number of ketones is 2. The summed E-state index contributed by atoms with van der Waals surface area (Å²) in [5, 5.41) is 9.97. The Bertz CT molecular complexity index is 577. The molecule has 0 aromatic heterocycles. The lowest BCUT2D eigenvalue weighted by atomic mass is 9.90. The van der Waals surface area contributed by atoms with Crippen LogP contribution in [0, 0.1) is 11.8 Å². The van der Waals surface area contributed by atoms with E-state index in [-0.39, 0.29) is 29.7 Å². The first-order valence-electron chi connectivity index (χ1n) is 6.64. The maximum atomic E-state index is 12.3. The number of aliphatic hydroxyl groups is 1. The minimum Gasteiger partial charge on any atom is -0.396 e. The summed E-state index contributed by atoms with van der Waals surface area (Å²) < 4.78 is 0. The van der Waals surface area contributed by atoms with Crippen molar-refractivity contribution in [2.75, 3.05) is 6.61 Å². The van der Waals surface area contributed by atoms with Gasteiger partial charge in [0.1, 0.15) is 0 Å². The van der Waals surface area contributed by atoms with Crippen LogP contribution >= 0.6 is 23.2 Å². The van der Waals surface area contributed by atoms with Gasteiger partial charge in [0, 0.05) is 21.9 Å². The van der Waals surface area contributed by atoms with Crippen LogP contribution in [0.1, 0.15) is 26.3 Å². The molecule has 0 radical (unpaired) electrons. The number of Topliss-reactive ketones (excluding diaryl/α,β-unsaturated/α-hetero) is 2. The molecule has 114 valence electrons. The fourth-order valence-electron chi connectivity index (χ4n) is 1.70. The van der Waals surface area contributed by atoms with Gasteiger partial charge in [0.2, 0.25) is 0 Å². The number of hydrogen-bond donors (Lipinski definition) is 1. The molecule has 3 nitrogen and oxygen atoms in total. The minimum absolute atomic E-state index is 0.0516. The number of carbonyl (C=O) groups is 2. The van der Waals surface area contributed by atoms with Crippen LogP contribution in [0.2, 0.25) is 10.0 Å². The highest BCUT2D eigenvalue weighted by Gasteiger charge is 2.25. The van der Waals surface area contributed by atoms with E-state index >= 15 is 0 Å². The lowest BCUT2D eigenvalue weighted by molar-refractivity contribution is -0.125. The van der Waals surface area contributed by atoms with Crippen molar-refractivity contribution in [1.29, 1.82) is 0 Å². The molecular weight excluding hydrogens is 311 g/mol. The van der Waals surface area contributed by atoms with E-state index in [1.165, 1.54) is 6.08 Å². The van der Waals surface area contributed by atoms with E-state index in [9.17, 15) is 9.59 Å². The largest absolute Gasteiger partial charge is 0.396 e. The van der Waals surface area contributed by atoms with E-state index in [1.54, 1.807) is 39.0 Å². The molecule has 0 bridgehead atoms. The van der Waals surface area contributed by atoms with E-state index in [1.807, 2.05) is 0 Å². The predicted molar refractivity (Wildman–Crippen MR) is 85.5 cm³/mol. The lowest BCUT2D eigenvalue weighted by Crippen LogP contribution is -2.24. The second-order valence-electron chi connectivity index (χ2n) is 5.19. The number of benzene rings is 1. The van der Waals surface area contributed by atoms with Crippen LogP contribution in [-0.2, 0) is 9.59 Å². The van der Waals surface area contributed by atoms with Gasteiger partial charge in [0.15, 0.2) is 11.6 Å². The second kappa shape index (κ2) is 7.74. The van der Waals surface area contributed by atoms with Crippen LogP contribution in [0.25, 0.3) is 6.08 Å². The third-order valence-electron chi connectivity index (χ3n) is 3.04. The molecule has 0 heterocycles. The average molecular weight is 329 g/mol. The van der Waals surface area contributed by atoms with Gasteiger partial charge in [-0.2, -0.15) is 0 Å². The van der Waals surface area contributed by atoms with Gasteiger partial charge in [0.05, 0.1) is 12.2 Å². The van der Waals surface area contributed by atoms with Gasteiger partial charge in [-0.3, -0.25) is 9.59 Å². The molecule has 0 amide bonds. The Morgan fingerprint density at radius 2 is 1.81 bits per heavy atom. The fraction of sp³-hybridized carbons (Fsp3) is 0.375. The van der Waals surface area contributed by atoms with Crippen molar-refractivity contribution in [1.82, 2.24) is 0 Å². The van der Waals surface area contributed by atoms with Gasteiger partial charge in [-0.1, -0.05) is 50.0 Å². The highest BCUT2D eigenvalue weighted by atomic mass is 35.5. The molecule has 1 aromatic rings. The van der Waals surface area contributed by atoms with Gasteiger partial charge in [-0.05, 0) is 23.8 Å². The van der Waals surface area contributed by atoms with Gasteiger partial charge in [-0.25, -0.2) is 0 Å². The van der Waals surface area contributed by atoms with Crippen molar-refractivity contribution < 1.29 is 14.7 Å². The Hall–Kier alpha value is -1.16. The normalized spacial score (nSPS) is 13.4. The number of carbonyl (C=O) groups excluding carboxylic acids is 2. The van der Waals surface area contributed by atoms with Crippen molar-refractivity contribution in [3.63, 3.8) is 0 Å². The van der Waals surface area contributed by atoms with Crippen molar-refractivity contribution in [3.8, 4) is 0 Å². The first kappa shape index (κ1) is 17.9. The maximum Gasteiger partial charge on any atom is 0.171 e. The number of rotatable bonds is 6. The summed E-state index contributed by atoms with van der Waals surface area (Å²) in [6.45, 7) is 4.70. The van der Waals surface area contributed by atoms with Gasteiger partial charge in [0.25, 0.3) is 0 Å². The summed E-state index contributed by atoms with van der Waals surface area (Å²) in [6, 6.07) is 4.83. The Kier molecular flexibility index (Phi) is 6.59. The fourth-order valence-corrected chi connectivity index (χ4v) is 2.16. The number of allylic oxidation sites excluding steroid dienone is 1. The smallest absolute Gasteiger partial charge is 0.171 e. The van der Waals surface area contributed by atoms with Gasteiger partial charge >= 0.3 is 0 Å². The van der Waals surface area contributed by atoms with Crippen LogP contribution in [0.15, 0.2) is 23.8 Å². The summed E-state index contributed by atoms with van der Waals surface area (Å²) in [6.07, 6.45) is 1.47. The zero-order valence-electron chi connectivity index (χ0n) is 12.2. The lowest BCUT2D eigenvalue weighted by Gasteiger charge is -2.13. The van der Waals surface area contributed by atoms with E-state index in [0.717, 1.165) is 0 Å². The van der Waals surface area contributed by atoms with Gasteiger partial charge < -0.3 is 5.11 Å². The molecule has 0 saturated carbocycles. The van der Waals surface area contributed by atoms with Crippen LogP contribution in [0.3, 0.4) is 0 Å². The molecule has 0 aliphatic rings. The topological polar surface area (TPSA) is 54.4 Å². The first-order chi connectivity index (χ1) is 9.77. The van der Waals surface area contributed by atoms with Crippen LogP contribution in [0.5, 0.6) is 0 Å². The Balaban J connectivity index is 3.32. The Labute approximate surface area is 134 Å². The number of hydrogen-bond acceptors (Lipinski definition) is 3. The highest BCUT2D eigenvalue weighted by Crippen LogP contribution is 2.25. The summed E-state index contributed by atoms with van der Waals surface area (Å²) in [5.41, 5.74) is 0.597. The van der Waals surface area contributed by atoms with Crippen LogP contribution < -0.4 is 0 Å². The average Bonchev–Trinajstić information content (AvgIpc) is 2.44. The molecule has 1 rings (SSSR count). The Morgan fingerprint density at radius 3 is 2.29 bits per heavy atom. The van der Waals surface area contributed by atoms with Crippen molar-refractivity contribution in [2.24, 2.45) is 11.8 Å². The maximum absolute atomic E-state index is 12.3. The summed E-state index contributed by atoms with van der Waals surface area (Å²) in [7, 11) is 0. The third-order valence-corrected chi connectivity index (χ3v) is 3.60. The quantitative estimate of drug-likeness (QED) is 0.491. The van der Waals surface area contributed by atoms with Crippen molar-refractivity contribution in [3.05, 3.63) is 39.4 Å². The zero-order chi connectivity index (χ0) is 16.2. The zero-order valence-corrected chi connectivity index (χ0v) is 13.7. The van der Waals surface area contributed by atoms with Crippen LogP contribution in [-0.4, -0.2) is 23.3 Å². The standard InChI is InChI=1S/C16H18Cl2O3/c1-9(2)15(20)13(16(21)10(3)8-19)6-11-4-5-12(17)7-14(11)18/h4-7,9-10,19H,8H2,1-3H3. The highest BCUT2D eigenvalue weighted by molar-refractivity contribution is 6.36. The summed E-state index contributed by atoms with van der Waals surface area (Å²) in [5.74, 6) is -1.62. The molecule has 1 atom stereocenters. The SMILES string of the molecule is CC(C)C(=O)C(=Cc1ccc(Cl)cc1Cl)C(=O)C(C)CO. The van der Waals surface area contributed by atoms with E-state index in [2.05, 4.69) is 0 Å². The molecular formula is C16H18Cl2O3. The molecule has 1 N–H and O–H groups in total.